The number of ether oxygens (including phenoxy) is 1. The maximum absolute atomic E-state index is 12.9. The summed E-state index contributed by atoms with van der Waals surface area (Å²) < 4.78 is 33.3. The van der Waals surface area contributed by atoms with Gasteiger partial charge in [0.15, 0.2) is 4.90 Å². The number of thiazole rings is 1. The van der Waals surface area contributed by atoms with E-state index in [4.69, 9.17) is 16.3 Å². The van der Waals surface area contributed by atoms with Gasteiger partial charge in [-0.3, -0.25) is 0 Å². The highest BCUT2D eigenvalue weighted by Crippen LogP contribution is 2.29. The van der Waals surface area contributed by atoms with Crippen molar-refractivity contribution >= 4 is 50.3 Å². The number of hydrogen-bond acceptors (Lipinski definition) is 9. The fourth-order valence-electron chi connectivity index (χ4n) is 2.75. The van der Waals surface area contributed by atoms with Gasteiger partial charge < -0.3 is 10.1 Å². The first-order valence-electron chi connectivity index (χ1n) is 9.37. The highest BCUT2D eigenvalue weighted by molar-refractivity contribution is 7.92. The van der Waals surface area contributed by atoms with E-state index in [2.05, 4.69) is 36.6 Å². The van der Waals surface area contributed by atoms with Crippen LogP contribution in [0, 0.1) is 0 Å². The van der Waals surface area contributed by atoms with E-state index in [-0.39, 0.29) is 21.7 Å². The van der Waals surface area contributed by atoms with E-state index >= 15 is 0 Å². The Morgan fingerprint density at radius 3 is 2.55 bits per heavy atom. The van der Waals surface area contributed by atoms with Crippen molar-refractivity contribution in [2.45, 2.75) is 4.90 Å². The molecule has 3 heterocycles. The van der Waals surface area contributed by atoms with Gasteiger partial charge in [-0.1, -0.05) is 48.5 Å². The Hall–Kier alpha value is -3.54. The van der Waals surface area contributed by atoms with Gasteiger partial charge in [0.1, 0.15) is 5.01 Å². The SMILES string of the molecule is C=C(Nc1cnc(OC)c(S(=O)(=O)Nc2ncc(Cl)cn2)c1)c1csc(-c2ccccc2)n1. The molecular weight excluding hydrogens is 484 g/mol. The number of methoxy groups -OCH3 is 1. The molecule has 4 rings (SSSR count). The van der Waals surface area contributed by atoms with E-state index in [0.29, 0.717) is 17.1 Å². The van der Waals surface area contributed by atoms with E-state index in [0.717, 1.165) is 10.6 Å². The lowest BCUT2D eigenvalue weighted by atomic mass is 10.2. The van der Waals surface area contributed by atoms with Crippen LogP contribution in [-0.2, 0) is 10.0 Å². The van der Waals surface area contributed by atoms with Crippen LogP contribution in [0.25, 0.3) is 16.3 Å². The highest BCUT2D eigenvalue weighted by atomic mass is 35.5. The molecule has 3 aromatic heterocycles. The van der Waals surface area contributed by atoms with E-state index in [1.165, 1.54) is 43.1 Å². The quantitative estimate of drug-likeness (QED) is 0.362. The molecule has 0 aliphatic rings. The van der Waals surface area contributed by atoms with Crippen LogP contribution in [-0.4, -0.2) is 35.5 Å². The van der Waals surface area contributed by atoms with Crippen molar-refractivity contribution in [3.63, 3.8) is 0 Å². The van der Waals surface area contributed by atoms with E-state index in [1.54, 1.807) is 0 Å². The number of nitrogens with zero attached hydrogens (tertiary/aromatic N) is 4. The Morgan fingerprint density at radius 2 is 1.85 bits per heavy atom. The number of benzene rings is 1. The first-order chi connectivity index (χ1) is 15.9. The number of aromatic nitrogens is 4. The minimum atomic E-state index is -4.11. The monoisotopic (exact) mass is 500 g/mol. The topological polar surface area (TPSA) is 119 Å². The summed E-state index contributed by atoms with van der Waals surface area (Å²) in [6.45, 7) is 4.01. The maximum atomic E-state index is 12.9. The Bertz CT molecular complexity index is 1390. The molecule has 0 radical (unpaired) electrons. The molecule has 9 nitrogen and oxygen atoms in total. The average Bonchev–Trinajstić information content (AvgIpc) is 3.32. The van der Waals surface area contributed by atoms with Crippen LogP contribution >= 0.6 is 22.9 Å². The predicted octanol–water partition coefficient (Wildman–Crippen LogP) is 4.54. The van der Waals surface area contributed by atoms with Gasteiger partial charge in [-0.2, -0.15) is 0 Å². The van der Waals surface area contributed by atoms with Crippen LogP contribution in [0.2, 0.25) is 5.02 Å². The molecule has 12 heteroatoms. The van der Waals surface area contributed by atoms with Crippen LogP contribution in [0.3, 0.4) is 0 Å². The summed E-state index contributed by atoms with van der Waals surface area (Å²) in [4.78, 5) is 16.2. The second-order valence-corrected chi connectivity index (χ2v) is 9.51. The zero-order chi connectivity index (χ0) is 23.4. The summed E-state index contributed by atoms with van der Waals surface area (Å²) in [6, 6.07) is 11.1. The molecule has 2 N–H and O–H groups in total. The summed E-state index contributed by atoms with van der Waals surface area (Å²) >= 11 is 7.23. The van der Waals surface area contributed by atoms with Crippen molar-refractivity contribution in [3.8, 4) is 16.5 Å². The Morgan fingerprint density at radius 1 is 1.12 bits per heavy atom. The van der Waals surface area contributed by atoms with Gasteiger partial charge in [0, 0.05) is 10.9 Å². The number of anilines is 2. The average molecular weight is 501 g/mol. The second kappa shape index (κ2) is 9.53. The van der Waals surface area contributed by atoms with Crippen LogP contribution in [0.5, 0.6) is 5.88 Å². The normalized spacial score (nSPS) is 11.1. The first-order valence-corrected chi connectivity index (χ1v) is 12.1. The zero-order valence-electron chi connectivity index (χ0n) is 17.2. The molecule has 1 aromatic carbocycles. The molecule has 0 saturated carbocycles. The molecule has 0 fully saturated rings. The minimum Gasteiger partial charge on any atom is -0.480 e. The number of hydrogen-bond donors (Lipinski definition) is 2. The fraction of sp³-hybridized carbons (Fsp3) is 0.0476. The molecule has 4 aromatic rings. The third-order valence-corrected chi connectivity index (χ3v) is 6.69. The van der Waals surface area contributed by atoms with Crippen molar-refractivity contribution < 1.29 is 13.2 Å². The molecular formula is C21H17ClN6O3S2. The van der Waals surface area contributed by atoms with Gasteiger partial charge in [-0.15, -0.1) is 11.3 Å². The van der Waals surface area contributed by atoms with E-state index < -0.39 is 10.0 Å². The summed E-state index contributed by atoms with van der Waals surface area (Å²) in [7, 11) is -2.79. The van der Waals surface area contributed by atoms with Gasteiger partial charge in [0.25, 0.3) is 10.0 Å². The lowest BCUT2D eigenvalue weighted by molar-refractivity contribution is 0.385. The Labute approximate surface area is 199 Å². The molecule has 0 bridgehead atoms. The lowest BCUT2D eigenvalue weighted by Gasteiger charge is -2.13. The van der Waals surface area contributed by atoms with Crippen molar-refractivity contribution in [2.75, 3.05) is 17.1 Å². The second-order valence-electron chi connectivity index (χ2n) is 6.57. The number of nitrogens with one attached hydrogen (secondary N) is 2. The van der Waals surface area contributed by atoms with E-state index in [1.807, 2.05) is 35.7 Å². The summed E-state index contributed by atoms with van der Waals surface area (Å²) in [5.41, 5.74) is 2.49. The first kappa shape index (κ1) is 22.6. The van der Waals surface area contributed by atoms with E-state index in [9.17, 15) is 8.42 Å². The van der Waals surface area contributed by atoms with Gasteiger partial charge >= 0.3 is 0 Å². The standard InChI is InChI=1S/C21H17ClN6O3S2/c1-13(17-12-32-20(27-17)14-6-4-3-5-7-14)26-16-8-18(19(31-2)23-11-16)33(29,30)28-21-24-9-15(22)10-25-21/h3-12,26H,1H2,2H3,(H,24,25,28). The molecule has 0 aliphatic carbocycles. The molecule has 0 atom stereocenters. The lowest BCUT2D eigenvalue weighted by Crippen LogP contribution is -2.16. The van der Waals surface area contributed by atoms with Gasteiger partial charge in [-0.05, 0) is 6.07 Å². The molecule has 0 saturated heterocycles. The van der Waals surface area contributed by atoms with Gasteiger partial charge in [-0.25, -0.2) is 33.1 Å². The summed E-state index contributed by atoms with van der Waals surface area (Å²) in [5.74, 6) is -0.229. The molecule has 0 amide bonds. The van der Waals surface area contributed by atoms with Crippen molar-refractivity contribution in [1.82, 2.24) is 19.9 Å². The summed E-state index contributed by atoms with van der Waals surface area (Å²) in [6.07, 6.45) is 4.00. The number of halogens is 1. The summed E-state index contributed by atoms with van der Waals surface area (Å²) in [5, 5.41) is 6.04. The van der Waals surface area contributed by atoms with Gasteiger partial charge in [0.2, 0.25) is 11.8 Å². The van der Waals surface area contributed by atoms with Crippen LogP contribution in [0.15, 0.2) is 71.8 Å². The number of pyridine rings is 1. The third kappa shape index (κ3) is 5.28. The Balaban J connectivity index is 1.57. The third-order valence-electron chi connectivity index (χ3n) is 4.28. The highest BCUT2D eigenvalue weighted by Gasteiger charge is 2.23. The van der Waals surface area contributed by atoms with Crippen LogP contribution in [0.1, 0.15) is 5.69 Å². The fourth-order valence-corrected chi connectivity index (χ4v) is 4.79. The molecule has 0 spiro atoms. The minimum absolute atomic E-state index is 0.0901. The van der Waals surface area contributed by atoms with Crippen molar-refractivity contribution in [1.29, 1.82) is 0 Å². The molecule has 33 heavy (non-hydrogen) atoms. The number of sulfonamides is 1. The Kier molecular flexibility index (Phi) is 6.54. The van der Waals surface area contributed by atoms with Crippen LogP contribution in [0.4, 0.5) is 11.6 Å². The van der Waals surface area contributed by atoms with Crippen molar-refractivity contribution in [2.24, 2.45) is 0 Å². The molecule has 0 aliphatic heterocycles. The number of rotatable bonds is 8. The van der Waals surface area contributed by atoms with Crippen molar-refractivity contribution in [3.05, 3.63) is 77.7 Å². The predicted molar refractivity (Wildman–Crippen MR) is 129 cm³/mol. The maximum Gasteiger partial charge on any atom is 0.269 e. The van der Waals surface area contributed by atoms with Crippen LogP contribution < -0.4 is 14.8 Å². The molecule has 0 unspecified atom stereocenters. The molecule has 168 valence electrons. The largest absolute Gasteiger partial charge is 0.480 e. The smallest absolute Gasteiger partial charge is 0.269 e. The zero-order valence-corrected chi connectivity index (χ0v) is 19.6. The van der Waals surface area contributed by atoms with Gasteiger partial charge in [0.05, 0.1) is 47.8 Å².